The van der Waals surface area contributed by atoms with Crippen LogP contribution in [0.5, 0.6) is 0 Å². The fraction of sp³-hybridized carbons (Fsp3) is 0.500. The minimum absolute atomic E-state index is 0.0455. The molecule has 0 aliphatic carbocycles. The molecule has 0 saturated carbocycles. The average molecular weight is 519 g/mol. The second kappa shape index (κ2) is 9.52. The van der Waals surface area contributed by atoms with E-state index in [1.54, 1.807) is 12.0 Å². The molecule has 0 amide bonds. The minimum Gasteiger partial charge on any atom is -0.374 e. The highest BCUT2D eigenvalue weighted by atomic mass is 35.5. The Hall–Kier alpha value is -2.08. The Morgan fingerprint density at radius 2 is 2.00 bits per heavy atom. The zero-order chi connectivity index (χ0) is 24.7. The van der Waals surface area contributed by atoms with Gasteiger partial charge in [-0.15, -0.1) is 0 Å². The second-order valence-corrected chi connectivity index (χ2v) is 10.9. The van der Waals surface area contributed by atoms with E-state index in [-0.39, 0.29) is 5.69 Å². The Labute approximate surface area is 201 Å². The first-order valence-electron chi connectivity index (χ1n) is 10.9. The molecule has 1 aromatic heterocycles. The molecule has 1 N–H and O–H groups in total. The largest absolute Gasteiger partial charge is 0.374 e. The minimum atomic E-state index is -4.76. The quantitative estimate of drug-likeness (QED) is 0.440. The predicted molar refractivity (Wildman–Crippen MR) is 123 cm³/mol. The molecule has 0 spiro atoms. The van der Waals surface area contributed by atoms with E-state index in [1.807, 2.05) is 4.72 Å². The first kappa shape index (κ1) is 25.0. The summed E-state index contributed by atoms with van der Waals surface area (Å²) in [6, 6.07) is 4.62. The van der Waals surface area contributed by atoms with Crippen LogP contribution in [0.4, 0.5) is 24.7 Å². The van der Waals surface area contributed by atoms with Crippen LogP contribution in [-0.4, -0.2) is 63.7 Å². The number of piperidine rings is 1. The number of likely N-dealkylation sites (tertiary alicyclic amines) is 1. The van der Waals surface area contributed by atoms with Crippen molar-refractivity contribution in [2.45, 2.75) is 42.2 Å². The Balaban J connectivity index is 1.55. The van der Waals surface area contributed by atoms with Gasteiger partial charge >= 0.3 is 0 Å². The lowest BCUT2D eigenvalue weighted by Gasteiger charge is -2.53. The summed E-state index contributed by atoms with van der Waals surface area (Å²) >= 11 is 6.16. The van der Waals surface area contributed by atoms with E-state index in [0.717, 1.165) is 50.4 Å². The van der Waals surface area contributed by atoms with Gasteiger partial charge in [0.15, 0.2) is 10.7 Å². The molecule has 1 aromatic carbocycles. The van der Waals surface area contributed by atoms with Crippen LogP contribution in [0.2, 0.25) is 5.02 Å². The van der Waals surface area contributed by atoms with Crippen molar-refractivity contribution in [2.75, 3.05) is 43.4 Å². The Kier molecular flexibility index (Phi) is 7.01. The zero-order valence-corrected chi connectivity index (χ0v) is 20.4. The lowest BCUT2D eigenvalue weighted by Crippen LogP contribution is -2.65. The van der Waals surface area contributed by atoms with Crippen molar-refractivity contribution in [3.63, 3.8) is 0 Å². The molecule has 186 valence electrons. The highest BCUT2D eigenvalue weighted by Gasteiger charge is 2.47. The van der Waals surface area contributed by atoms with E-state index in [4.69, 9.17) is 16.3 Å². The molecule has 4 rings (SSSR count). The third kappa shape index (κ3) is 4.84. The van der Waals surface area contributed by atoms with Crippen molar-refractivity contribution >= 4 is 33.1 Å². The van der Waals surface area contributed by atoms with Gasteiger partial charge < -0.3 is 14.5 Å². The number of aromatic nitrogens is 1. The van der Waals surface area contributed by atoms with Gasteiger partial charge in [0.25, 0.3) is 10.0 Å². The molecule has 2 saturated heterocycles. The number of benzene rings is 1. The smallest absolute Gasteiger partial charge is 0.268 e. The number of methoxy groups -OCH3 is 1. The monoisotopic (exact) mass is 518 g/mol. The number of hydrogen-bond donors (Lipinski definition) is 1. The van der Waals surface area contributed by atoms with Gasteiger partial charge in [0.2, 0.25) is 5.95 Å². The molecular formula is C22H26ClF3N4O3S. The summed E-state index contributed by atoms with van der Waals surface area (Å²) in [6.07, 6.45) is 4.14. The van der Waals surface area contributed by atoms with Gasteiger partial charge in [-0.05, 0) is 45.0 Å². The first-order chi connectivity index (χ1) is 16.0. The van der Waals surface area contributed by atoms with Crippen LogP contribution in [0.15, 0.2) is 29.2 Å². The van der Waals surface area contributed by atoms with Gasteiger partial charge in [0.05, 0.1) is 5.69 Å². The van der Waals surface area contributed by atoms with Crippen molar-refractivity contribution in [2.24, 2.45) is 0 Å². The fourth-order valence-electron chi connectivity index (χ4n) is 4.69. The van der Waals surface area contributed by atoms with E-state index in [2.05, 4.69) is 16.9 Å². The highest BCUT2D eigenvalue weighted by molar-refractivity contribution is 7.92. The van der Waals surface area contributed by atoms with Crippen molar-refractivity contribution < 1.29 is 26.3 Å². The number of sulfonamides is 1. The van der Waals surface area contributed by atoms with Crippen LogP contribution < -0.4 is 9.62 Å². The third-order valence-corrected chi connectivity index (χ3v) is 8.33. The molecule has 2 aromatic rings. The molecule has 0 bridgehead atoms. The number of halogens is 4. The number of pyridine rings is 1. The SMILES string of the molecule is COC1(C[C@@H]2CCCCN2C)CN(c2cc(F)c(S(=O)(=O)Nc3cccc(F)n3)c(F)c2Cl)C1. The number of anilines is 2. The summed E-state index contributed by atoms with van der Waals surface area (Å²) < 4.78 is 76.2. The maximum absolute atomic E-state index is 15.1. The molecule has 0 radical (unpaired) electrons. The summed E-state index contributed by atoms with van der Waals surface area (Å²) in [6.45, 7) is 1.75. The normalized spacial score (nSPS) is 20.8. The van der Waals surface area contributed by atoms with Crippen molar-refractivity contribution in [1.82, 2.24) is 9.88 Å². The number of ether oxygens (including phenoxy) is 1. The van der Waals surface area contributed by atoms with Gasteiger partial charge in [0.1, 0.15) is 22.3 Å². The van der Waals surface area contributed by atoms with E-state index >= 15 is 4.39 Å². The number of rotatable bonds is 7. The number of nitrogens with one attached hydrogen (secondary N) is 1. The number of hydrogen-bond acceptors (Lipinski definition) is 6. The highest BCUT2D eigenvalue weighted by Crippen LogP contribution is 2.42. The molecule has 3 heterocycles. The molecule has 12 heteroatoms. The standard InChI is InChI=1S/C22H26ClF3N4O3S/c1-29-9-4-3-6-14(29)11-22(33-2)12-30(13-22)16-10-15(24)21(20(26)19(16)23)34(31,32)28-18-8-5-7-17(25)27-18/h5,7-8,10,14H,3-4,6,9,11-13H2,1-2H3,(H,27,28)/t14-/m0/s1. The third-order valence-electron chi connectivity index (χ3n) is 6.58. The van der Waals surface area contributed by atoms with Crippen LogP contribution in [-0.2, 0) is 14.8 Å². The van der Waals surface area contributed by atoms with Crippen molar-refractivity contribution in [3.05, 3.63) is 46.9 Å². The molecule has 34 heavy (non-hydrogen) atoms. The molecule has 2 aliphatic heterocycles. The summed E-state index contributed by atoms with van der Waals surface area (Å²) in [7, 11) is -1.06. The zero-order valence-electron chi connectivity index (χ0n) is 18.8. The van der Waals surface area contributed by atoms with Crippen LogP contribution >= 0.6 is 11.6 Å². The average Bonchev–Trinajstić information content (AvgIpc) is 2.74. The molecule has 7 nitrogen and oxygen atoms in total. The molecule has 0 unspecified atom stereocenters. The molecule has 2 aliphatic rings. The lowest BCUT2D eigenvalue weighted by molar-refractivity contribution is -0.0592. The maximum Gasteiger partial charge on any atom is 0.268 e. The fourth-order valence-corrected chi connectivity index (χ4v) is 6.16. The van der Waals surface area contributed by atoms with Crippen LogP contribution in [0.3, 0.4) is 0 Å². The topological polar surface area (TPSA) is 74.8 Å². The molecule has 2 fully saturated rings. The summed E-state index contributed by atoms with van der Waals surface area (Å²) in [5.41, 5.74) is -0.439. The Morgan fingerprint density at radius 1 is 1.26 bits per heavy atom. The lowest BCUT2D eigenvalue weighted by atomic mass is 9.83. The summed E-state index contributed by atoms with van der Waals surface area (Å²) in [5.74, 6) is -4.11. The van der Waals surface area contributed by atoms with Gasteiger partial charge in [0, 0.05) is 32.3 Å². The van der Waals surface area contributed by atoms with Crippen LogP contribution in [0.25, 0.3) is 0 Å². The second-order valence-electron chi connectivity index (χ2n) is 8.86. The summed E-state index contributed by atoms with van der Waals surface area (Å²) in [5, 5.41) is -0.520. The van der Waals surface area contributed by atoms with Gasteiger partial charge in [-0.1, -0.05) is 24.1 Å². The molecular weight excluding hydrogens is 493 g/mol. The first-order valence-corrected chi connectivity index (χ1v) is 12.7. The van der Waals surface area contributed by atoms with Gasteiger partial charge in [-0.2, -0.15) is 4.39 Å². The Bertz CT molecular complexity index is 1180. The number of nitrogens with zero attached hydrogens (tertiary/aromatic N) is 3. The van der Waals surface area contributed by atoms with E-state index < -0.39 is 48.9 Å². The predicted octanol–water partition coefficient (Wildman–Crippen LogP) is 4.03. The summed E-state index contributed by atoms with van der Waals surface area (Å²) in [4.78, 5) is 6.07. The van der Waals surface area contributed by atoms with Gasteiger partial charge in [-0.25, -0.2) is 22.2 Å². The van der Waals surface area contributed by atoms with Crippen molar-refractivity contribution in [1.29, 1.82) is 0 Å². The van der Waals surface area contributed by atoms with E-state index in [0.29, 0.717) is 19.1 Å². The molecule has 1 atom stereocenters. The van der Waals surface area contributed by atoms with Crippen molar-refractivity contribution in [3.8, 4) is 0 Å². The maximum atomic E-state index is 15.1. The van der Waals surface area contributed by atoms with Gasteiger partial charge in [-0.3, -0.25) is 4.72 Å². The van der Waals surface area contributed by atoms with Crippen LogP contribution in [0.1, 0.15) is 25.7 Å². The van der Waals surface area contributed by atoms with E-state index in [9.17, 15) is 17.2 Å². The van der Waals surface area contributed by atoms with Crippen LogP contribution in [0, 0.1) is 17.6 Å². The Morgan fingerprint density at radius 3 is 2.65 bits per heavy atom. The van der Waals surface area contributed by atoms with E-state index in [1.165, 1.54) is 6.07 Å².